The number of phenolic OH excluding ortho intramolecular Hbond substituents is 1. The van der Waals surface area contributed by atoms with E-state index in [1.165, 1.54) is 12.1 Å². The van der Waals surface area contributed by atoms with Crippen LogP contribution in [0.15, 0.2) is 83.7 Å². The van der Waals surface area contributed by atoms with E-state index in [4.69, 9.17) is 9.47 Å². The number of hydrogen-bond donors (Lipinski definition) is 5. The summed E-state index contributed by atoms with van der Waals surface area (Å²) in [6.07, 6.45) is 3.17. The summed E-state index contributed by atoms with van der Waals surface area (Å²) in [7, 11) is 2.00. The van der Waals surface area contributed by atoms with Gasteiger partial charge in [0.15, 0.2) is 0 Å². The summed E-state index contributed by atoms with van der Waals surface area (Å²) in [5.74, 6) is -0.175. The van der Waals surface area contributed by atoms with Crippen molar-refractivity contribution in [2.24, 2.45) is 0 Å². The molecule has 0 aliphatic carbocycles. The molecular formula is C36H43N3O7. The van der Waals surface area contributed by atoms with Gasteiger partial charge in [0, 0.05) is 30.1 Å². The normalized spacial score (nSPS) is 17.3. The maximum absolute atomic E-state index is 13.6. The number of nitrogens with one attached hydrogen (secondary N) is 2. The summed E-state index contributed by atoms with van der Waals surface area (Å²) in [4.78, 5) is 30.0. The number of hydrogen-bond acceptors (Lipinski definition) is 9. The molecule has 3 aromatic carbocycles. The molecular weight excluding hydrogens is 586 g/mol. The van der Waals surface area contributed by atoms with Gasteiger partial charge in [-0.3, -0.25) is 4.79 Å². The monoisotopic (exact) mass is 629 g/mol. The number of piperidine rings is 1. The van der Waals surface area contributed by atoms with Gasteiger partial charge in [-0.2, -0.15) is 0 Å². The molecule has 5 rings (SSSR count). The topological polar surface area (TPSA) is 144 Å². The predicted molar refractivity (Wildman–Crippen MR) is 176 cm³/mol. The van der Waals surface area contributed by atoms with Gasteiger partial charge in [-0.15, -0.1) is 0 Å². The summed E-state index contributed by atoms with van der Waals surface area (Å²) in [5.41, 5.74) is -0.529. The van der Waals surface area contributed by atoms with Gasteiger partial charge >= 0.3 is 5.97 Å². The Hall–Kier alpha value is -4.22. The minimum Gasteiger partial charge on any atom is -0.506 e. The summed E-state index contributed by atoms with van der Waals surface area (Å²) in [6, 6.07) is 22.0. The molecule has 1 aromatic heterocycles. The highest BCUT2D eigenvalue weighted by atomic mass is 16.6. The van der Waals surface area contributed by atoms with Gasteiger partial charge in [0.2, 0.25) is 11.2 Å². The molecule has 0 saturated carbocycles. The molecule has 46 heavy (non-hydrogen) atoms. The highest BCUT2D eigenvalue weighted by molar-refractivity contribution is 5.87. The van der Waals surface area contributed by atoms with Crippen LogP contribution in [0.25, 0.3) is 10.9 Å². The van der Waals surface area contributed by atoms with Gasteiger partial charge in [-0.05, 0) is 87.6 Å². The van der Waals surface area contributed by atoms with E-state index in [-0.39, 0.29) is 17.4 Å². The Kier molecular flexibility index (Phi) is 11.1. The summed E-state index contributed by atoms with van der Waals surface area (Å²) < 4.78 is 11.9. The first-order valence-electron chi connectivity index (χ1n) is 15.9. The number of rotatable bonds is 14. The van der Waals surface area contributed by atoms with Crippen molar-refractivity contribution in [1.29, 1.82) is 0 Å². The number of esters is 1. The van der Waals surface area contributed by atoms with Crippen LogP contribution in [0.5, 0.6) is 11.5 Å². The minimum absolute atomic E-state index is 0.0391. The largest absolute Gasteiger partial charge is 0.506 e. The third kappa shape index (κ3) is 7.94. The van der Waals surface area contributed by atoms with E-state index in [9.17, 15) is 24.9 Å². The lowest BCUT2D eigenvalue weighted by molar-refractivity contribution is -0.170. The molecule has 1 saturated heterocycles. The van der Waals surface area contributed by atoms with Crippen LogP contribution in [0.2, 0.25) is 0 Å². The molecule has 2 heterocycles. The SMILES string of the molecule is CN1CCCC(OC(=O)C(O)(c2ccccc2)c2cccc(OCCCCCNC[C@H](O)c3ccc(O)c4[nH]c(=O)ccc34)c2)C1. The number of aromatic nitrogens is 1. The van der Waals surface area contributed by atoms with Crippen molar-refractivity contribution in [3.8, 4) is 11.5 Å². The van der Waals surface area contributed by atoms with E-state index in [0.717, 1.165) is 38.6 Å². The minimum atomic E-state index is -1.98. The molecule has 0 bridgehead atoms. The Balaban J connectivity index is 1.11. The van der Waals surface area contributed by atoms with Gasteiger partial charge in [0.05, 0.1) is 18.2 Å². The zero-order chi connectivity index (χ0) is 32.5. The van der Waals surface area contributed by atoms with E-state index >= 15 is 0 Å². The smallest absolute Gasteiger partial charge is 0.348 e. The van der Waals surface area contributed by atoms with Gasteiger partial charge in [0.1, 0.15) is 17.6 Å². The summed E-state index contributed by atoms with van der Waals surface area (Å²) >= 11 is 0. The quantitative estimate of drug-likeness (QED) is 0.103. The molecule has 244 valence electrons. The second-order valence-corrected chi connectivity index (χ2v) is 12.0. The number of fused-ring (bicyclic) bond motifs is 1. The van der Waals surface area contributed by atoms with Crippen molar-refractivity contribution in [3.63, 3.8) is 0 Å². The summed E-state index contributed by atoms with van der Waals surface area (Å²) in [5, 5.41) is 36.6. The van der Waals surface area contributed by atoms with Gasteiger partial charge in [-0.25, -0.2) is 4.79 Å². The Labute approximate surface area is 268 Å². The fourth-order valence-corrected chi connectivity index (χ4v) is 5.96. The van der Waals surface area contributed by atoms with Crippen LogP contribution in [0.4, 0.5) is 0 Å². The molecule has 0 spiro atoms. The van der Waals surface area contributed by atoms with Crippen molar-refractivity contribution >= 4 is 16.9 Å². The van der Waals surface area contributed by atoms with E-state index in [0.29, 0.717) is 59.6 Å². The molecule has 1 fully saturated rings. The lowest BCUT2D eigenvalue weighted by Crippen LogP contribution is -2.44. The first-order valence-corrected chi connectivity index (χ1v) is 15.9. The van der Waals surface area contributed by atoms with Crippen molar-refractivity contribution in [2.45, 2.75) is 49.9 Å². The highest BCUT2D eigenvalue weighted by Gasteiger charge is 2.43. The molecule has 1 aliphatic heterocycles. The van der Waals surface area contributed by atoms with Crippen LogP contribution in [-0.4, -0.2) is 77.1 Å². The third-order valence-electron chi connectivity index (χ3n) is 8.46. The molecule has 5 N–H and O–H groups in total. The Bertz CT molecular complexity index is 1660. The van der Waals surface area contributed by atoms with Gasteiger partial charge in [0.25, 0.3) is 0 Å². The number of phenols is 1. The standard InChI is InChI=1S/C36H43N3O7/c1-39-20-9-14-28(24-39)46-35(43)36(44,25-10-4-2-5-11-25)26-12-8-13-27(22-26)45-21-7-3-6-19-37-23-32(41)29-15-17-31(40)34-30(29)16-18-33(42)38-34/h2,4-5,8,10-13,15-18,22,28,32,37,40-41,44H,3,6-7,9,14,19-21,23-24H2,1H3,(H,38,42)/t28?,32-,36?/m0/s1. The predicted octanol–water partition coefficient (Wildman–Crippen LogP) is 3.98. The lowest BCUT2D eigenvalue weighted by atomic mass is 9.86. The van der Waals surface area contributed by atoms with E-state index < -0.39 is 17.7 Å². The summed E-state index contributed by atoms with van der Waals surface area (Å²) in [6.45, 7) is 3.08. The first-order chi connectivity index (χ1) is 22.3. The third-order valence-corrected chi connectivity index (χ3v) is 8.46. The number of H-pyrrole nitrogens is 1. The van der Waals surface area contributed by atoms with Crippen LogP contribution in [0.1, 0.15) is 54.9 Å². The molecule has 10 nitrogen and oxygen atoms in total. The van der Waals surface area contributed by atoms with E-state index in [1.807, 2.05) is 19.2 Å². The Morgan fingerprint density at radius 1 is 1.04 bits per heavy atom. The number of likely N-dealkylation sites (tertiary alicyclic amines) is 1. The molecule has 3 atom stereocenters. The van der Waals surface area contributed by atoms with Gasteiger partial charge in [-0.1, -0.05) is 48.5 Å². The molecule has 1 aliphatic rings. The van der Waals surface area contributed by atoms with Crippen molar-refractivity contribution in [2.75, 3.05) is 39.8 Å². The average Bonchev–Trinajstić information content (AvgIpc) is 3.06. The van der Waals surface area contributed by atoms with Crippen molar-refractivity contribution in [3.05, 3.63) is 106 Å². The van der Waals surface area contributed by atoms with Crippen LogP contribution in [-0.2, 0) is 15.1 Å². The van der Waals surface area contributed by atoms with Crippen molar-refractivity contribution in [1.82, 2.24) is 15.2 Å². The molecule has 0 amide bonds. The zero-order valence-corrected chi connectivity index (χ0v) is 26.2. The second kappa shape index (κ2) is 15.4. The number of pyridine rings is 1. The average molecular weight is 630 g/mol. The van der Waals surface area contributed by atoms with E-state index in [2.05, 4.69) is 15.2 Å². The molecule has 0 radical (unpaired) electrons. The second-order valence-electron chi connectivity index (χ2n) is 12.0. The zero-order valence-electron chi connectivity index (χ0n) is 26.2. The maximum Gasteiger partial charge on any atom is 0.348 e. The van der Waals surface area contributed by atoms with Crippen LogP contribution >= 0.6 is 0 Å². The fraction of sp³-hybridized carbons (Fsp3) is 0.389. The Morgan fingerprint density at radius 2 is 1.85 bits per heavy atom. The molecule has 10 heteroatoms. The lowest BCUT2D eigenvalue weighted by Gasteiger charge is -2.33. The highest BCUT2D eigenvalue weighted by Crippen LogP contribution is 2.34. The number of aromatic hydroxyl groups is 1. The van der Waals surface area contributed by atoms with E-state index in [1.54, 1.807) is 54.6 Å². The molecule has 4 aromatic rings. The number of carbonyl (C=O) groups is 1. The number of carbonyl (C=O) groups excluding carboxylic acids is 1. The van der Waals surface area contributed by atoms with Gasteiger partial charge < -0.3 is 40.0 Å². The number of unbranched alkanes of at least 4 members (excludes halogenated alkanes) is 2. The maximum atomic E-state index is 13.6. The number of nitrogens with zero attached hydrogens (tertiary/aromatic N) is 1. The number of aromatic amines is 1. The first kappa shape index (κ1) is 33.2. The Morgan fingerprint density at radius 3 is 2.65 bits per heavy atom. The number of aliphatic hydroxyl groups excluding tert-OH is 1. The number of ether oxygens (including phenoxy) is 2. The number of likely N-dealkylation sites (N-methyl/N-ethyl adjacent to an activating group) is 1. The van der Waals surface area contributed by atoms with Crippen LogP contribution < -0.4 is 15.6 Å². The van der Waals surface area contributed by atoms with Crippen LogP contribution in [0, 0.1) is 0 Å². The molecule has 2 unspecified atom stereocenters. The van der Waals surface area contributed by atoms with Crippen molar-refractivity contribution < 1.29 is 29.6 Å². The van der Waals surface area contributed by atoms with Crippen LogP contribution in [0.3, 0.4) is 0 Å². The number of aliphatic hydroxyl groups is 2. The number of benzene rings is 3. The fourth-order valence-electron chi connectivity index (χ4n) is 5.96.